The highest BCUT2D eigenvalue weighted by atomic mass is 35.5. The number of hydrogen-bond donors (Lipinski definition) is 1. The van der Waals surface area contributed by atoms with Gasteiger partial charge in [-0.25, -0.2) is 4.98 Å². The lowest BCUT2D eigenvalue weighted by atomic mass is 10.1. The van der Waals surface area contributed by atoms with Gasteiger partial charge in [0.1, 0.15) is 10.9 Å². The van der Waals surface area contributed by atoms with Crippen LogP contribution < -0.4 is 10.5 Å². The molecule has 0 fully saturated rings. The molecule has 0 spiro atoms. The zero-order valence-electron chi connectivity index (χ0n) is 12.1. The van der Waals surface area contributed by atoms with Gasteiger partial charge in [-0.1, -0.05) is 18.5 Å². The number of rotatable bonds is 6. The number of aromatic nitrogens is 1. The highest BCUT2D eigenvalue weighted by molar-refractivity contribution is 6.30. The Labute approximate surface area is 128 Å². The largest absolute Gasteiger partial charge is 0.497 e. The second kappa shape index (κ2) is 6.74. The normalized spacial score (nSPS) is 11.0. The van der Waals surface area contributed by atoms with E-state index in [2.05, 4.69) is 4.98 Å². The number of methoxy groups -OCH3 is 1. The Balaban J connectivity index is 2.31. The lowest BCUT2D eigenvalue weighted by Crippen LogP contribution is -2.33. The van der Waals surface area contributed by atoms with E-state index < -0.39 is 0 Å². The molecule has 112 valence electrons. The number of likely N-dealkylation sites (N-methyl/N-ethyl adjacent to an activating group) is 1. The van der Waals surface area contributed by atoms with E-state index in [1.165, 1.54) is 0 Å². The molecule has 5 nitrogen and oxygen atoms in total. The van der Waals surface area contributed by atoms with Gasteiger partial charge >= 0.3 is 0 Å². The van der Waals surface area contributed by atoms with Crippen molar-refractivity contribution in [2.24, 2.45) is 5.73 Å². The van der Waals surface area contributed by atoms with Crippen LogP contribution in [0.4, 0.5) is 0 Å². The minimum absolute atomic E-state index is 0.202. The van der Waals surface area contributed by atoms with Gasteiger partial charge in [-0.05, 0) is 24.7 Å². The van der Waals surface area contributed by atoms with Crippen LogP contribution in [-0.2, 0) is 11.3 Å². The smallest absolute Gasteiger partial charge is 0.231 e. The first-order valence-electron chi connectivity index (χ1n) is 6.67. The molecule has 1 amide bonds. The number of pyridine rings is 1. The first-order valence-corrected chi connectivity index (χ1v) is 7.05. The Morgan fingerprint density at radius 3 is 2.81 bits per heavy atom. The molecule has 2 N–H and O–H groups in total. The quantitative estimate of drug-likeness (QED) is 0.831. The summed E-state index contributed by atoms with van der Waals surface area (Å²) in [5, 5.41) is 1.41. The predicted octanol–water partition coefficient (Wildman–Crippen LogP) is 2.20. The van der Waals surface area contributed by atoms with E-state index in [1.807, 2.05) is 36.1 Å². The summed E-state index contributed by atoms with van der Waals surface area (Å²) in [5.41, 5.74) is 6.89. The second-order valence-corrected chi connectivity index (χ2v) is 5.12. The molecule has 6 heteroatoms. The monoisotopic (exact) mass is 307 g/mol. The maximum absolute atomic E-state index is 11.0. The van der Waals surface area contributed by atoms with Gasteiger partial charge in [-0.2, -0.15) is 0 Å². The maximum atomic E-state index is 11.0. The van der Waals surface area contributed by atoms with E-state index in [0.717, 1.165) is 22.2 Å². The molecular weight excluding hydrogens is 290 g/mol. The van der Waals surface area contributed by atoms with Crippen molar-refractivity contribution in [2.45, 2.75) is 13.5 Å². The number of ether oxygens (including phenoxy) is 1. The number of hydrogen-bond acceptors (Lipinski definition) is 4. The second-order valence-electron chi connectivity index (χ2n) is 4.77. The van der Waals surface area contributed by atoms with Crippen LogP contribution in [0.25, 0.3) is 10.9 Å². The molecule has 1 aromatic carbocycles. The summed E-state index contributed by atoms with van der Waals surface area (Å²) in [7, 11) is 1.61. The molecule has 0 saturated heterocycles. The standard InChI is InChI=1S/C15H18ClN3O2/c1-3-19(9-14(17)20)8-11-6-10-4-5-12(21-2)7-13(10)18-15(11)16/h4-7H,3,8-9H2,1-2H3,(H2,17,20). The summed E-state index contributed by atoms with van der Waals surface area (Å²) in [5.74, 6) is 0.384. The first-order chi connectivity index (χ1) is 10.0. The average molecular weight is 308 g/mol. The number of amides is 1. The Bertz CT molecular complexity index is 661. The van der Waals surface area contributed by atoms with Gasteiger partial charge in [0.05, 0.1) is 19.2 Å². The molecule has 1 aromatic heterocycles. The van der Waals surface area contributed by atoms with Crippen LogP contribution in [0.3, 0.4) is 0 Å². The third-order valence-electron chi connectivity index (χ3n) is 3.27. The Hall–Kier alpha value is -1.85. The van der Waals surface area contributed by atoms with E-state index in [1.54, 1.807) is 7.11 Å². The van der Waals surface area contributed by atoms with Crippen LogP contribution in [0.2, 0.25) is 5.15 Å². The van der Waals surface area contributed by atoms with E-state index >= 15 is 0 Å². The summed E-state index contributed by atoms with van der Waals surface area (Å²) in [4.78, 5) is 17.4. The molecule has 0 atom stereocenters. The van der Waals surface area contributed by atoms with E-state index in [0.29, 0.717) is 18.2 Å². The third-order valence-corrected chi connectivity index (χ3v) is 3.60. The predicted molar refractivity (Wildman–Crippen MR) is 83.5 cm³/mol. The molecule has 0 aliphatic rings. The molecule has 2 aromatic rings. The summed E-state index contributed by atoms with van der Waals surface area (Å²) >= 11 is 6.24. The van der Waals surface area contributed by atoms with Crippen LogP contribution in [0, 0.1) is 0 Å². The summed E-state index contributed by atoms with van der Waals surface area (Å²) in [6, 6.07) is 7.63. The molecule has 21 heavy (non-hydrogen) atoms. The SMILES string of the molecule is CCN(CC(N)=O)Cc1cc2ccc(OC)cc2nc1Cl. The lowest BCUT2D eigenvalue weighted by molar-refractivity contribution is -0.119. The molecule has 2 rings (SSSR count). The van der Waals surface area contributed by atoms with Crippen molar-refractivity contribution < 1.29 is 9.53 Å². The van der Waals surface area contributed by atoms with Crippen LogP contribution in [0.1, 0.15) is 12.5 Å². The highest BCUT2D eigenvalue weighted by Gasteiger charge is 2.11. The van der Waals surface area contributed by atoms with Gasteiger partial charge in [-0.15, -0.1) is 0 Å². The van der Waals surface area contributed by atoms with Crippen LogP contribution >= 0.6 is 11.6 Å². The number of nitrogens with zero attached hydrogens (tertiary/aromatic N) is 2. The van der Waals surface area contributed by atoms with Gasteiger partial charge < -0.3 is 10.5 Å². The van der Waals surface area contributed by atoms with E-state index in [4.69, 9.17) is 22.1 Å². The fourth-order valence-electron chi connectivity index (χ4n) is 2.15. The first kappa shape index (κ1) is 15.5. The van der Waals surface area contributed by atoms with Crippen molar-refractivity contribution in [2.75, 3.05) is 20.2 Å². The zero-order chi connectivity index (χ0) is 15.4. The summed E-state index contributed by atoms with van der Waals surface area (Å²) in [6.07, 6.45) is 0. The Morgan fingerprint density at radius 1 is 1.43 bits per heavy atom. The van der Waals surface area contributed by atoms with Gasteiger partial charge in [0.2, 0.25) is 5.91 Å². The molecule has 0 aliphatic carbocycles. The highest BCUT2D eigenvalue weighted by Crippen LogP contribution is 2.25. The van der Waals surface area contributed by atoms with Gasteiger partial charge in [0.25, 0.3) is 0 Å². The number of benzene rings is 1. The van der Waals surface area contributed by atoms with Crippen LogP contribution in [-0.4, -0.2) is 36.0 Å². The minimum atomic E-state index is -0.355. The van der Waals surface area contributed by atoms with E-state index in [9.17, 15) is 4.79 Å². The molecule has 0 saturated carbocycles. The maximum Gasteiger partial charge on any atom is 0.231 e. The van der Waals surface area contributed by atoms with Crippen molar-refractivity contribution in [3.8, 4) is 5.75 Å². The number of primary amides is 1. The van der Waals surface area contributed by atoms with Crippen LogP contribution in [0.5, 0.6) is 5.75 Å². The fraction of sp³-hybridized carbons (Fsp3) is 0.333. The molecule has 0 bridgehead atoms. The number of nitrogens with two attached hydrogens (primary N) is 1. The summed E-state index contributed by atoms with van der Waals surface area (Å²) in [6.45, 7) is 3.41. The molecular formula is C15H18ClN3O2. The van der Waals surface area contributed by atoms with Crippen molar-refractivity contribution in [1.82, 2.24) is 9.88 Å². The number of halogens is 1. The Morgan fingerprint density at radius 2 is 2.19 bits per heavy atom. The number of fused-ring (bicyclic) bond motifs is 1. The molecule has 0 radical (unpaired) electrons. The van der Waals surface area contributed by atoms with Crippen molar-refractivity contribution in [1.29, 1.82) is 0 Å². The minimum Gasteiger partial charge on any atom is -0.497 e. The third kappa shape index (κ3) is 3.83. The Kier molecular flexibility index (Phi) is 4.98. The number of carbonyl (C=O) groups is 1. The average Bonchev–Trinajstić information content (AvgIpc) is 2.46. The molecule has 1 heterocycles. The van der Waals surface area contributed by atoms with Crippen LogP contribution in [0.15, 0.2) is 24.3 Å². The van der Waals surface area contributed by atoms with Crippen molar-refractivity contribution in [3.63, 3.8) is 0 Å². The molecule has 0 unspecified atom stereocenters. The van der Waals surface area contributed by atoms with Gasteiger partial charge in [-0.3, -0.25) is 9.69 Å². The lowest BCUT2D eigenvalue weighted by Gasteiger charge is -2.19. The van der Waals surface area contributed by atoms with Gasteiger partial charge in [0, 0.05) is 23.6 Å². The zero-order valence-corrected chi connectivity index (χ0v) is 12.9. The van der Waals surface area contributed by atoms with E-state index in [-0.39, 0.29) is 12.5 Å². The van der Waals surface area contributed by atoms with Crippen molar-refractivity contribution in [3.05, 3.63) is 35.0 Å². The number of carbonyl (C=O) groups excluding carboxylic acids is 1. The summed E-state index contributed by atoms with van der Waals surface area (Å²) < 4.78 is 5.18. The van der Waals surface area contributed by atoms with Crippen molar-refractivity contribution >= 4 is 28.4 Å². The van der Waals surface area contributed by atoms with Gasteiger partial charge in [0.15, 0.2) is 0 Å². The fourth-order valence-corrected chi connectivity index (χ4v) is 2.35. The topological polar surface area (TPSA) is 68.5 Å². The molecule has 0 aliphatic heterocycles.